The molecule has 0 amide bonds. The van der Waals surface area contributed by atoms with Crippen molar-refractivity contribution in [3.8, 4) is 0 Å². The fraction of sp³-hybridized carbons (Fsp3) is 0.636. The monoisotopic (exact) mass is 274 g/mol. The van der Waals surface area contributed by atoms with Gasteiger partial charge < -0.3 is 5.11 Å². The molecule has 0 saturated heterocycles. The lowest BCUT2D eigenvalue weighted by Gasteiger charge is -2.16. The van der Waals surface area contributed by atoms with Gasteiger partial charge in [-0.05, 0) is 46.8 Å². The van der Waals surface area contributed by atoms with E-state index in [4.69, 9.17) is 0 Å². The molecule has 0 bridgehead atoms. The number of aliphatic hydroxyl groups excluding tert-OH is 1. The molecule has 1 nitrogen and oxygen atoms in total. The van der Waals surface area contributed by atoms with E-state index in [1.807, 2.05) is 0 Å². The van der Waals surface area contributed by atoms with Crippen molar-refractivity contribution in [1.29, 1.82) is 0 Å². The highest BCUT2D eigenvalue weighted by atomic mass is 79.9. The van der Waals surface area contributed by atoms with E-state index in [2.05, 4.69) is 28.1 Å². The quantitative estimate of drug-likeness (QED) is 0.893. The standard InChI is InChI=1S/C11H15BrOS/c12-11-6-5-9(14-11)7-10(13)8-3-1-2-4-8/h5-6,8,10,13H,1-4,7H2. The maximum atomic E-state index is 10.0. The minimum atomic E-state index is -0.122. The van der Waals surface area contributed by atoms with Gasteiger partial charge in [0.25, 0.3) is 0 Å². The molecule has 0 aliphatic heterocycles. The van der Waals surface area contributed by atoms with Crippen molar-refractivity contribution >= 4 is 27.3 Å². The summed E-state index contributed by atoms with van der Waals surface area (Å²) >= 11 is 5.17. The smallest absolute Gasteiger partial charge is 0.0701 e. The van der Waals surface area contributed by atoms with E-state index < -0.39 is 0 Å². The average Bonchev–Trinajstić information content (AvgIpc) is 2.75. The van der Waals surface area contributed by atoms with Crippen LogP contribution in [0.2, 0.25) is 0 Å². The maximum absolute atomic E-state index is 10.0. The highest BCUT2D eigenvalue weighted by molar-refractivity contribution is 9.11. The predicted molar refractivity (Wildman–Crippen MR) is 63.7 cm³/mol. The highest BCUT2D eigenvalue weighted by Crippen LogP contribution is 2.31. The Morgan fingerprint density at radius 2 is 2.14 bits per heavy atom. The summed E-state index contributed by atoms with van der Waals surface area (Å²) in [6.07, 6.45) is 5.75. The molecule has 0 spiro atoms. The molecule has 1 aromatic heterocycles. The average molecular weight is 275 g/mol. The number of rotatable bonds is 3. The fourth-order valence-corrected chi connectivity index (χ4v) is 3.71. The first-order valence-corrected chi connectivity index (χ1v) is 6.79. The first-order valence-electron chi connectivity index (χ1n) is 5.18. The summed E-state index contributed by atoms with van der Waals surface area (Å²) in [5.41, 5.74) is 0. The molecule has 1 saturated carbocycles. The molecular formula is C11H15BrOS. The third-order valence-corrected chi connectivity index (χ3v) is 4.63. The van der Waals surface area contributed by atoms with Crippen LogP contribution in [0.15, 0.2) is 15.9 Å². The van der Waals surface area contributed by atoms with E-state index in [0.29, 0.717) is 5.92 Å². The maximum Gasteiger partial charge on any atom is 0.0701 e. The van der Waals surface area contributed by atoms with Gasteiger partial charge in [-0.2, -0.15) is 0 Å². The van der Waals surface area contributed by atoms with E-state index in [-0.39, 0.29) is 6.10 Å². The molecule has 1 N–H and O–H groups in total. The molecule has 1 aliphatic carbocycles. The molecule has 78 valence electrons. The first kappa shape index (κ1) is 10.7. The van der Waals surface area contributed by atoms with E-state index >= 15 is 0 Å². The SMILES string of the molecule is OC(Cc1ccc(Br)s1)C1CCCC1. The van der Waals surface area contributed by atoms with Gasteiger partial charge in [-0.3, -0.25) is 0 Å². The fourth-order valence-electron chi connectivity index (χ4n) is 2.18. The Labute approximate surface area is 97.3 Å². The van der Waals surface area contributed by atoms with Gasteiger partial charge in [-0.15, -0.1) is 11.3 Å². The van der Waals surface area contributed by atoms with Crippen LogP contribution in [0.4, 0.5) is 0 Å². The molecular weight excluding hydrogens is 260 g/mol. The van der Waals surface area contributed by atoms with Gasteiger partial charge in [0.2, 0.25) is 0 Å². The molecule has 1 aromatic rings. The summed E-state index contributed by atoms with van der Waals surface area (Å²) in [6.45, 7) is 0. The number of hydrogen-bond acceptors (Lipinski definition) is 2. The molecule has 3 heteroatoms. The van der Waals surface area contributed by atoms with Crippen LogP contribution in [0.1, 0.15) is 30.6 Å². The van der Waals surface area contributed by atoms with E-state index in [1.54, 1.807) is 11.3 Å². The predicted octanol–water partition coefficient (Wildman–Crippen LogP) is 3.60. The van der Waals surface area contributed by atoms with Crippen molar-refractivity contribution in [2.75, 3.05) is 0 Å². The van der Waals surface area contributed by atoms with Gasteiger partial charge in [-0.25, -0.2) is 0 Å². The Morgan fingerprint density at radius 1 is 1.43 bits per heavy atom. The van der Waals surface area contributed by atoms with Crippen molar-refractivity contribution in [3.63, 3.8) is 0 Å². The van der Waals surface area contributed by atoms with Crippen LogP contribution in [0.3, 0.4) is 0 Å². The summed E-state index contributed by atoms with van der Waals surface area (Å²) in [4.78, 5) is 1.29. The first-order chi connectivity index (χ1) is 6.75. The van der Waals surface area contributed by atoms with Crippen molar-refractivity contribution in [2.45, 2.75) is 38.2 Å². The third-order valence-electron chi connectivity index (χ3n) is 2.98. The van der Waals surface area contributed by atoms with Crippen molar-refractivity contribution < 1.29 is 5.11 Å². The van der Waals surface area contributed by atoms with Gasteiger partial charge in [0.15, 0.2) is 0 Å². The molecule has 2 rings (SSSR count). The van der Waals surface area contributed by atoms with Crippen molar-refractivity contribution in [3.05, 3.63) is 20.8 Å². The van der Waals surface area contributed by atoms with Gasteiger partial charge in [0.05, 0.1) is 9.89 Å². The van der Waals surface area contributed by atoms with Crippen molar-refractivity contribution in [1.82, 2.24) is 0 Å². The topological polar surface area (TPSA) is 20.2 Å². The summed E-state index contributed by atoms with van der Waals surface area (Å²) in [5, 5.41) is 10.0. The zero-order valence-corrected chi connectivity index (χ0v) is 10.5. The second-order valence-corrected chi connectivity index (χ2v) is 6.57. The largest absolute Gasteiger partial charge is 0.392 e. The van der Waals surface area contributed by atoms with Gasteiger partial charge in [0.1, 0.15) is 0 Å². The highest BCUT2D eigenvalue weighted by Gasteiger charge is 2.23. The summed E-state index contributed by atoms with van der Waals surface area (Å²) in [6, 6.07) is 4.16. The van der Waals surface area contributed by atoms with Gasteiger partial charge in [0, 0.05) is 11.3 Å². The van der Waals surface area contributed by atoms with E-state index in [9.17, 15) is 5.11 Å². The molecule has 0 radical (unpaired) electrons. The molecule has 1 atom stereocenters. The van der Waals surface area contributed by atoms with Gasteiger partial charge in [-0.1, -0.05) is 12.8 Å². The van der Waals surface area contributed by atoms with Crippen LogP contribution >= 0.6 is 27.3 Å². The third kappa shape index (κ3) is 2.59. The second-order valence-electron chi connectivity index (χ2n) is 4.02. The van der Waals surface area contributed by atoms with Crippen LogP contribution in [-0.2, 0) is 6.42 Å². The Kier molecular flexibility index (Phi) is 3.63. The number of hydrogen-bond donors (Lipinski definition) is 1. The van der Waals surface area contributed by atoms with Gasteiger partial charge >= 0.3 is 0 Å². The second kappa shape index (κ2) is 4.77. The zero-order chi connectivity index (χ0) is 9.97. The molecule has 1 fully saturated rings. The minimum Gasteiger partial charge on any atom is -0.392 e. The Hall–Kier alpha value is 0.140. The molecule has 1 unspecified atom stereocenters. The zero-order valence-electron chi connectivity index (χ0n) is 8.08. The lowest BCUT2D eigenvalue weighted by atomic mass is 9.98. The molecule has 1 aliphatic rings. The van der Waals surface area contributed by atoms with E-state index in [1.165, 1.54) is 30.6 Å². The number of thiophene rings is 1. The Balaban J connectivity index is 1.90. The van der Waals surface area contributed by atoms with Crippen LogP contribution in [0.5, 0.6) is 0 Å². The lowest BCUT2D eigenvalue weighted by molar-refractivity contribution is 0.112. The lowest BCUT2D eigenvalue weighted by Crippen LogP contribution is -2.19. The molecule has 1 heterocycles. The van der Waals surface area contributed by atoms with Crippen LogP contribution in [0.25, 0.3) is 0 Å². The number of halogens is 1. The van der Waals surface area contributed by atoms with Crippen LogP contribution in [-0.4, -0.2) is 11.2 Å². The normalized spacial score (nSPS) is 20.1. The number of aliphatic hydroxyl groups is 1. The molecule has 14 heavy (non-hydrogen) atoms. The Morgan fingerprint density at radius 3 is 2.71 bits per heavy atom. The minimum absolute atomic E-state index is 0.122. The summed E-state index contributed by atoms with van der Waals surface area (Å²) in [7, 11) is 0. The molecule has 0 aromatic carbocycles. The van der Waals surface area contributed by atoms with Crippen LogP contribution < -0.4 is 0 Å². The summed E-state index contributed by atoms with van der Waals surface area (Å²) < 4.78 is 1.16. The Bertz CT molecular complexity index is 291. The summed E-state index contributed by atoms with van der Waals surface area (Å²) in [5.74, 6) is 0.552. The van der Waals surface area contributed by atoms with Crippen molar-refractivity contribution in [2.24, 2.45) is 5.92 Å². The van der Waals surface area contributed by atoms with E-state index in [0.717, 1.165) is 10.2 Å². The van der Waals surface area contributed by atoms with Crippen LogP contribution in [0, 0.1) is 5.92 Å².